The van der Waals surface area contributed by atoms with Crippen LogP contribution in [0.2, 0.25) is 0 Å². The summed E-state index contributed by atoms with van der Waals surface area (Å²) in [4.78, 5) is 0. The second-order valence-corrected chi connectivity index (χ2v) is 4.14. The van der Waals surface area contributed by atoms with Crippen LogP contribution in [-0.4, -0.2) is 24.4 Å². The normalized spacial score (nSPS) is 43.2. The van der Waals surface area contributed by atoms with E-state index in [1.807, 2.05) is 0 Å². The number of aliphatic hydroxyl groups excluding tert-OH is 1. The summed E-state index contributed by atoms with van der Waals surface area (Å²) in [6, 6.07) is 0. The molecule has 2 fully saturated rings. The lowest BCUT2D eigenvalue weighted by molar-refractivity contribution is 0.0324. The maximum Gasteiger partial charge on any atom is 0.0571 e. The fourth-order valence-corrected chi connectivity index (χ4v) is 2.58. The molecule has 0 spiro atoms. The van der Waals surface area contributed by atoms with Gasteiger partial charge in [-0.15, -0.1) is 0 Å². The van der Waals surface area contributed by atoms with Gasteiger partial charge in [0.2, 0.25) is 0 Å². The Balaban J connectivity index is 1.91. The third-order valence-corrected chi connectivity index (χ3v) is 3.35. The molecule has 2 nitrogen and oxygen atoms in total. The summed E-state index contributed by atoms with van der Waals surface area (Å²) in [7, 11) is 0. The van der Waals surface area contributed by atoms with Crippen LogP contribution in [-0.2, 0) is 4.74 Å². The van der Waals surface area contributed by atoms with Crippen LogP contribution in [0.1, 0.15) is 32.1 Å². The molecule has 70 valence electrons. The minimum absolute atomic E-state index is 0.0366. The number of hydrogen-bond donors (Lipinski definition) is 1. The molecule has 2 rings (SSSR count). The number of rotatable bonds is 1. The van der Waals surface area contributed by atoms with Gasteiger partial charge in [-0.05, 0) is 31.1 Å². The average molecular weight is 170 g/mol. The first-order valence-electron chi connectivity index (χ1n) is 5.14. The maximum absolute atomic E-state index is 9.77. The molecule has 1 heterocycles. The molecule has 2 aliphatic rings. The Morgan fingerprint density at radius 3 is 2.58 bits per heavy atom. The van der Waals surface area contributed by atoms with Crippen molar-refractivity contribution < 1.29 is 9.84 Å². The summed E-state index contributed by atoms with van der Waals surface area (Å²) in [5.74, 6) is 1.20. The van der Waals surface area contributed by atoms with Gasteiger partial charge in [0.05, 0.1) is 6.10 Å². The van der Waals surface area contributed by atoms with Gasteiger partial charge in [0, 0.05) is 13.2 Å². The molecule has 0 radical (unpaired) electrons. The van der Waals surface area contributed by atoms with E-state index in [1.54, 1.807) is 0 Å². The standard InChI is InChI=1S/C10H18O2/c11-10-4-2-1-3-9(10)8-5-6-12-7-8/h8-11H,1-7H2. The van der Waals surface area contributed by atoms with E-state index in [2.05, 4.69) is 0 Å². The van der Waals surface area contributed by atoms with E-state index in [9.17, 15) is 5.11 Å². The van der Waals surface area contributed by atoms with Crippen molar-refractivity contribution >= 4 is 0 Å². The van der Waals surface area contributed by atoms with Gasteiger partial charge in [-0.3, -0.25) is 0 Å². The van der Waals surface area contributed by atoms with Gasteiger partial charge in [0.25, 0.3) is 0 Å². The summed E-state index contributed by atoms with van der Waals surface area (Å²) in [6.07, 6.45) is 5.88. The molecule has 3 unspecified atom stereocenters. The molecular weight excluding hydrogens is 152 g/mol. The van der Waals surface area contributed by atoms with E-state index in [1.165, 1.54) is 25.7 Å². The van der Waals surface area contributed by atoms with E-state index in [4.69, 9.17) is 4.74 Å². The smallest absolute Gasteiger partial charge is 0.0571 e. The predicted octanol–water partition coefficient (Wildman–Crippen LogP) is 1.57. The Hall–Kier alpha value is -0.0800. The van der Waals surface area contributed by atoms with E-state index in [-0.39, 0.29) is 6.10 Å². The Morgan fingerprint density at radius 1 is 1.08 bits per heavy atom. The van der Waals surface area contributed by atoms with Crippen LogP contribution >= 0.6 is 0 Å². The first-order chi connectivity index (χ1) is 5.88. The van der Waals surface area contributed by atoms with Crippen molar-refractivity contribution in [3.05, 3.63) is 0 Å². The first-order valence-corrected chi connectivity index (χ1v) is 5.14. The second kappa shape index (κ2) is 3.75. The molecule has 0 aromatic carbocycles. The summed E-state index contributed by atoms with van der Waals surface area (Å²) in [6.45, 7) is 1.80. The Labute approximate surface area is 73.9 Å². The SMILES string of the molecule is OC1CCCCC1C1CCOC1. The summed E-state index contributed by atoms with van der Waals surface area (Å²) in [5.41, 5.74) is 0. The van der Waals surface area contributed by atoms with Crippen molar-refractivity contribution in [3.8, 4) is 0 Å². The molecule has 1 N–H and O–H groups in total. The van der Waals surface area contributed by atoms with Gasteiger partial charge < -0.3 is 9.84 Å². The van der Waals surface area contributed by atoms with Crippen molar-refractivity contribution in [3.63, 3.8) is 0 Å². The topological polar surface area (TPSA) is 29.5 Å². The summed E-state index contributed by atoms with van der Waals surface area (Å²) in [5, 5.41) is 9.77. The fourth-order valence-electron chi connectivity index (χ4n) is 2.58. The average Bonchev–Trinajstić information content (AvgIpc) is 2.57. The number of ether oxygens (including phenoxy) is 1. The molecule has 3 atom stereocenters. The Bertz CT molecular complexity index is 141. The number of aliphatic hydroxyl groups is 1. The van der Waals surface area contributed by atoms with Crippen LogP contribution in [0.15, 0.2) is 0 Å². The molecule has 0 aromatic rings. The quantitative estimate of drug-likeness (QED) is 0.647. The van der Waals surface area contributed by atoms with Crippen molar-refractivity contribution in [2.75, 3.05) is 13.2 Å². The van der Waals surface area contributed by atoms with Gasteiger partial charge >= 0.3 is 0 Å². The van der Waals surface area contributed by atoms with Gasteiger partial charge in [0.15, 0.2) is 0 Å². The monoisotopic (exact) mass is 170 g/mol. The number of hydrogen-bond acceptors (Lipinski definition) is 2. The van der Waals surface area contributed by atoms with Crippen LogP contribution in [0.4, 0.5) is 0 Å². The lowest BCUT2D eigenvalue weighted by Gasteiger charge is -2.31. The van der Waals surface area contributed by atoms with Crippen LogP contribution in [0.25, 0.3) is 0 Å². The summed E-state index contributed by atoms with van der Waals surface area (Å²) >= 11 is 0. The highest BCUT2D eigenvalue weighted by molar-refractivity contribution is 4.82. The predicted molar refractivity (Wildman–Crippen MR) is 46.9 cm³/mol. The van der Waals surface area contributed by atoms with Crippen molar-refractivity contribution in [1.29, 1.82) is 0 Å². The maximum atomic E-state index is 9.77. The molecule has 0 bridgehead atoms. The summed E-state index contributed by atoms with van der Waals surface area (Å²) < 4.78 is 5.35. The van der Waals surface area contributed by atoms with Crippen LogP contribution in [0.3, 0.4) is 0 Å². The van der Waals surface area contributed by atoms with Gasteiger partial charge in [0.1, 0.15) is 0 Å². The zero-order valence-electron chi connectivity index (χ0n) is 7.54. The zero-order chi connectivity index (χ0) is 8.39. The van der Waals surface area contributed by atoms with Crippen molar-refractivity contribution in [2.45, 2.75) is 38.2 Å². The lowest BCUT2D eigenvalue weighted by atomic mass is 9.78. The van der Waals surface area contributed by atoms with Gasteiger partial charge in [-0.1, -0.05) is 12.8 Å². The highest BCUT2D eigenvalue weighted by atomic mass is 16.5. The Morgan fingerprint density at radius 2 is 1.92 bits per heavy atom. The van der Waals surface area contributed by atoms with Crippen LogP contribution < -0.4 is 0 Å². The van der Waals surface area contributed by atoms with E-state index < -0.39 is 0 Å². The second-order valence-electron chi connectivity index (χ2n) is 4.14. The van der Waals surface area contributed by atoms with Crippen LogP contribution in [0, 0.1) is 11.8 Å². The van der Waals surface area contributed by atoms with E-state index in [0.717, 1.165) is 19.6 Å². The minimum atomic E-state index is -0.0366. The largest absolute Gasteiger partial charge is 0.393 e. The molecule has 0 amide bonds. The third kappa shape index (κ3) is 1.64. The molecular formula is C10H18O2. The fraction of sp³-hybridized carbons (Fsp3) is 1.00. The molecule has 2 heteroatoms. The third-order valence-electron chi connectivity index (χ3n) is 3.35. The lowest BCUT2D eigenvalue weighted by Crippen LogP contribution is -2.31. The van der Waals surface area contributed by atoms with E-state index in [0.29, 0.717) is 11.8 Å². The molecule has 1 saturated carbocycles. The molecule has 1 aliphatic carbocycles. The van der Waals surface area contributed by atoms with Crippen molar-refractivity contribution in [2.24, 2.45) is 11.8 Å². The highest BCUT2D eigenvalue weighted by Crippen LogP contribution is 2.34. The van der Waals surface area contributed by atoms with Crippen molar-refractivity contribution in [1.82, 2.24) is 0 Å². The molecule has 0 aromatic heterocycles. The van der Waals surface area contributed by atoms with Gasteiger partial charge in [-0.25, -0.2) is 0 Å². The Kier molecular flexibility index (Phi) is 2.66. The van der Waals surface area contributed by atoms with E-state index >= 15 is 0 Å². The highest BCUT2D eigenvalue weighted by Gasteiger charge is 2.32. The van der Waals surface area contributed by atoms with Crippen LogP contribution in [0.5, 0.6) is 0 Å². The molecule has 1 saturated heterocycles. The molecule has 12 heavy (non-hydrogen) atoms. The molecule has 1 aliphatic heterocycles. The van der Waals surface area contributed by atoms with Gasteiger partial charge in [-0.2, -0.15) is 0 Å². The zero-order valence-corrected chi connectivity index (χ0v) is 7.54. The first kappa shape index (κ1) is 8.52. The minimum Gasteiger partial charge on any atom is -0.393 e.